The first-order chi connectivity index (χ1) is 8.49. The monoisotopic (exact) mass is 304 g/mol. The first-order valence-electron chi connectivity index (χ1n) is 5.92. The van der Waals surface area contributed by atoms with Crippen LogP contribution in [0.1, 0.15) is 16.7 Å². The highest BCUT2D eigenvalue weighted by atomic mass is 79.9. The summed E-state index contributed by atoms with van der Waals surface area (Å²) < 4.78 is 0.997. The second-order valence-electron chi connectivity index (χ2n) is 4.64. The van der Waals surface area contributed by atoms with Gasteiger partial charge in [-0.3, -0.25) is 0 Å². The van der Waals surface area contributed by atoms with Crippen molar-refractivity contribution >= 4 is 27.4 Å². The molecule has 0 fully saturated rings. The van der Waals surface area contributed by atoms with Crippen molar-refractivity contribution in [1.82, 2.24) is 4.98 Å². The number of aromatic nitrogens is 1. The topological polar surface area (TPSA) is 16.1 Å². The van der Waals surface area contributed by atoms with E-state index in [4.69, 9.17) is 0 Å². The van der Waals surface area contributed by atoms with Crippen LogP contribution in [0.4, 0.5) is 11.5 Å². The molecule has 1 aromatic heterocycles. The summed E-state index contributed by atoms with van der Waals surface area (Å²) in [5.74, 6) is 0.952. The van der Waals surface area contributed by atoms with Crippen LogP contribution in [-0.2, 0) is 0 Å². The van der Waals surface area contributed by atoms with Crippen molar-refractivity contribution in [3.63, 3.8) is 0 Å². The van der Waals surface area contributed by atoms with Crippen LogP contribution in [0.25, 0.3) is 0 Å². The molecule has 0 aliphatic rings. The van der Waals surface area contributed by atoms with Gasteiger partial charge >= 0.3 is 0 Å². The first-order valence-corrected chi connectivity index (χ1v) is 6.71. The number of anilines is 2. The van der Waals surface area contributed by atoms with E-state index in [9.17, 15) is 0 Å². The van der Waals surface area contributed by atoms with Gasteiger partial charge in [0, 0.05) is 23.4 Å². The number of pyridine rings is 1. The van der Waals surface area contributed by atoms with Gasteiger partial charge in [-0.05, 0) is 60.0 Å². The Kier molecular flexibility index (Phi) is 3.71. The maximum absolute atomic E-state index is 4.44. The van der Waals surface area contributed by atoms with Gasteiger partial charge in [-0.15, -0.1) is 0 Å². The van der Waals surface area contributed by atoms with E-state index >= 15 is 0 Å². The smallest absolute Gasteiger partial charge is 0.132 e. The zero-order chi connectivity index (χ0) is 13.3. The molecule has 3 heteroatoms. The number of nitrogens with zero attached hydrogens (tertiary/aromatic N) is 2. The van der Waals surface area contributed by atoms with E-state index in [-0.39, 0.29) is 0 Å². The minimum atomic E-state index is 0.952. The molecule has 2 nitrogen and oxygen atoms in total. The Labute approximate surface area is 117 Å². The van der Waals surface area contributed by atoms with Crippen LogP contribution >= 0.6 is 15.9 Å². The molecule has 18 heavy (non-hydrogen) atoms. The molecule has 0 amide bonds. The number of hydrogen-bond acceptors (Lipinski definition) is 2. The van der Waals surface area contributed by atoms with Gasteiger partial charge in [-0.1, -0.05) is 17.7 Å². The van der Waals surface area contributed by atoms with Gasteiger partial charge in [0.15, 0.2) is 0 Å². The molecule has 1 aromatic carbocycles. The van der Waals surface area contributed by atoms with Gasteiger partial charge in [0.25, 0.3) is 0 Å². The third-order valence-corrected chi connectivity index (χ3v) is 3.50. The van der Waals surface area contributed by atoms with Crippen LogP contribution < -0.4 is 4.90 Å². The van der Waals surface area contributed by atoms with E-state index in [1.54, 1.807) is 0 Å². The Morgan fingerprint density at radius 2 is 1.67 bits per heavy atom. The minimum Gasteiger partial charge on any atom is -0.329 e. The Morgan fingerprint density at radius 3 is 2.17 bits per heavy atom. The van der Waals surface area contributed by atoms with Gasteiger partial charge in [-0.25, -0.2) is 4.98 Å². The minimum absolute atomic E-state index is 0.952. The van der Waals surface area contributed by atoms with Crippen LogP contribution in [0.5, 0.6) is 0 Å². The highest BCUT2D eigenvalue weighted by Crippen LogP contribution is 2.30. The Bertz CT molecular complexity index is 538. The summed E-state index contributed by atoms with van der Waals surface area (Å²) >= 11 is 3.41. The summed E-state index contributed by atoms with van der Waals surface area (Å²) in [6.07, 6.45) is 1.82. The fourth-order valence-electron chi connectivity index (χ4n) is 2.38. The van der Waals surface area contributed by atoms with E-state index in [1.165, 1.54) is 22.4 Å². The summed E-state index contributed by atoms with van der Waals surface area (Å²) in [7, 11) is 2.06. The van der Waals surface area contributed by atoms with Gasteiger partial charge < -0.3 is 4.90 Å². The largest absolute Gasteiger partial charge is 0.329 e. The lowest BCUT2D eigenvalue weighted by Crippen LogP contribution is -2.14. The SMILES string of the molecule is Cc1cc(C)c(N(C)c2ccc(Br)cn2)c(C)c1. The standard InChI is InChI=1S/C15H17BrN2/c1-10-7-11(2)15(12(3)8-10)18(4)14-6-5-13(16)9-17-14/h5-9H,1-4H3. The molecule has 0 N–H and O–H groups in total. The molecule has 0 saturated heterocycles. The Hall–Kier alpha value is -1.35. The quantitative estimate of drug-likeness (QED) is 0.810. The average molecular weight is 305 g/mol. The summed E-state index contributed by atoms with van der Waals surface area (Å²) in [5.41, 5.74) is 5.08. The van der Waals surface area contributed by atoms with Crippen molar-refractivity contribution in [3.05, 3.63) is 51.6 Å². The third-order valence-electron chi connectivity index (χ3n) is 3.03. The lowest BCUT2D eigenvalue weighted by atomic mass is 10.0. The first kappa shape index (κ1) is 13.1. The molecule has 1 heterocycles. The summed E-state index contributed by atoms with van der Waals surface area (Å²) in [6.45, 7) is 6.41. The molecular formula is C15H17BrN2. The number of halogens is 1. The molecule has 0 spiro atoms. The summed E-state index contributed by atoms with van der Waals surface area (Å²) in [4.78, 5) is 6.57. The summed E-state index contributed by atoms with van der Waals surface area (Å²) in [6, 6.07) is 8.44. The maximum atomic E-state index is 4.44. The zero-order valence-corrected chi connectivity index (χ0v) is 12.7. The predicted octanol–water partition coefficient (Wildman–Crippen LogP) is 4.54. The molecule has 0 saturated carbocycles. The van der Waals surface area contributed by atoms with E-state index < -0.39 is 0 Å². The fraction of sp³-hybridized carbons (Fsp3) is 0.267. The maximum Gasteiger partial charge on any atom is 0.132 e. The van der Waals surface area contributed by atoms with Crippen molar-refractivity contribution in [3.8, 4) is 0 Å². The van der Waals surface area contributed by atoms with Crippen molar-refractivity contribution in [2.45, 2.75) is 20.8 Å². The fourth-order valence-corrected chi connectivity index (χ4v) is 2.62. The number of hydrogen-bond donors (Lipinski definition) is 0. The second kappa shape index (κ2) is 5.11. The third kappa shape index (κ3) is 2.56. The number of benzene rings is 1. The molecule has 0 radical (unpaired) electrons. The van der Waals surface area contributed by atoms with Gasteiger partial charge in [0.2, 0.25) is 0 Å². The molecule has 0 aliphatic heterocycles. The lowest BCUT2D eigenvalue weighted by molar-refractivity contribution is 1.09. The Balaban J connectivity index is 2.46. The van der Waals surface area contributed by atoms with Crippen molar-refractivity contribution < 1.29 is 0 Å². The van der Waals surface area contributed by atoms with Gasteiger partial charge in [-0.2, -0.15) is 0 Å². The molecular weight excluding hydrogens is 288 g/mol. The molecule has 0 bridgehead atoms. The predicted molar refractivity (Wildman–Crippen MR) is 80.7 cm³/mol. The molecule has 2 rings (SSSR count). The van der Waals surface area contributed by atoms with E-state index in [2.05, 4.69) is 65.8 Å². The van der Waals surface area contributed by atoms with Crippen molar-refractivity contribution in [1.29, 1.82) is 0 Å². The van der Waals surface area contributed by atoms with Crippen LogP contribution in [0.3, 0.4) is 0 Å². The van der Waals surface area contributed by atoms with Crippen LogP contribution in [-0.4, -0.2) is 12.0 Å². The van der Waals surface area contributed by atoms with Crippen molar-refractivity contribution in [2.24, 2.45) is 0 Å². The summed E-state index contributed by atoms with van der Waals surface area (Å²) in [5, 5.41) is 0. The molecule has 2 aromatic rings. The lowest BCUT2D eigenvalue weighted by Gasteiger charge is -2.23. The zero-order valence-electron chi connectivity index (χ0n) is 11.2. The molecule has 94 valence electrons. The van der Waals surface area contributed by atoms with Crippen LogP contribution in [0.15, 0.2) is 34.9 Å². The average Bonchev–Trinajstić information content (AvgIpc) is 2.28. The van der Waals surface area contributed by atoms with E-state index in [1.807, 2.05) is 18.3 Å². The van der Waals surface area contributed by atoms with Gasteiger partial charge in [0.1, 0.15) is 5.82 Å². The van der Waals surface area contributed by atoms with Crippen molar-refractivity contribution in [2.75, 3.05) is 11.9 Å². The highest BCUT2D eigenvalue weighted by Gasteiger charge is 2.11. The Morgan fingerprint density at radius 1 is 1.06 bits per heavy atom. The number of rotatable bonds is 2. The van der Waals surface area contributed by atoms with E-state index in [0.29, 0.717) is 0 Å². The van der Waals surface area contributed by atoms with Crippen LogP contribution in [0.2, 0.25) is 0 Å². The molecule has 0 atom stereocenters. The number of aryl methyl sites for hydroxylation is 3. The molecule has 0 unspecified atom stereocenters. The second-order valence-corrected chi connectivity index (χ2v) is 5.56. The highest BCUT2D eigenvalue weighted by molar-refractivity contribution is 9.10. The van der Waals surface area contributed by atoms with E-state index in [0.717, 1.165) is 10.3 Å². The molecule has 0 aliphatic carbocycles. The van der Waals surface area contributed by atoms with Crippen LogP contribution in [0, 0.1) is 20.8 Å². The normalized spacial score (nSPS) is 10.5. The van der Waals surface area contributed by atoms with Gasteiger partial charge in [0.05, 0.1) is 0 Å².